The Morgan fingerprint density at radius 2 is 1.65 bits per heavy atom. The minimum absolute atomic E-state index is 0.180. The van der Waals surface area contributed by atoms with Crippen molar-refractivity contribution in [2.75, 3.05) is 16.0 Å². The molecule has 120 valence electrons. The average Bonchev–Trinajstić information content (AvgIpc) is 2.46. The fourth-order valence-electron chi connectivity index (χ4n) is 1.90. The lowest BCUT2D eigenvalue weighted by atomic mass is 10.2. The lowest BCUT2D eigenvalue weighted by Gasteiger charge is -2.12. The highest BCUT2D eigenvalue weighted by Gasteiger charge is 2.08. The lowest BCUT2D eigenvalue weighted by Crippen LogP contribution is -2.20. The van der Waals surface area contributed by atoms with Crippen molar-refractivity contribution >= 4 is 52.2 Å². The molecule has 2 aromatic carbocycles. The number of halogens is 2. The summed E-state index contributed by atoms with van der Waals surface area (Å²) in [5.41, 5.74) is 2.47. The molecule has 0 heterocycles. The summed E-state index contributed by atoms with van der Waals surface area (Å²) in [6, 6.07) is 9.53. The number of carbonyl (C=O) groups excluding carboxylic acids is 2. The van der Waals surface area contributed by atoms with Crippen LogP contribution in [0.5, 0.6) is 0 Å². The molecule has 0 fully saturated rings. The predicted molar refractivity (Wildman–Crippen MR) is 94.6 cm³/mol. The topological polar surface area (TPSA) is 70.2 Å². The van der Waals surface area contributed by atoms with Gasteiger partial charge in [-0.3, -0.25) is 4.79 Å². The Kier molecular flexibility index (Phi) is 5.47. The van der Waals surface area contributed by atoms with E-state index < -0.39 is 6.03 Å². The summed E-state index contributed by atoms with van der Waals surface area (Å²) >= 11 is 11.9. The van der Waals surface area contributed by atoms with Crippen molar-refractivity contribution in [2.45, 2.75) is 13.8 Å². The molecule has 23 heavy (non-hydrogen) atoms. The van der Waals surface area contributed by atoms with Gasteiger partial charge in [-0.2, -0.15) is 0 Å². The van der Waals surface area contributed by atoms with Crippen LogP contribution in [0, 0.1) is 6.92 Å². The van der Waals surface area contributed by atoms with Crippen LogP contribution in [0.1, 0.15) is 12.5 Å². The van der Waals surface area contributed by atoms with E-state index in [-0.39, 0.29) is 5.91 Å². The largest absolute Gasteiger partial charge is 0.326 e. The van der Waals surface area contributed by atoms with Crippen molar-refractivity contribution in [3.63, 3.8) is 0 Å². The van der Waals surface area contributed by atoms with Crippen LogP contribution >= 0.6 is 23.2 Å². The van der Waals surface area contributed by atoms with Gasteiger partial charge in [-0.05, 0) is 42.8 Å². The van der Waals surface area contributed by atoms with Crippen LogP contribution in [0.2, 0.25) is 10.0 Å². The van der Waals surface area contributed by atoms with Crippen LogP contribution in [-0.4, -0.2) is 11.9 Å². The van der Waals surface area contributed by atoms with E-state index in [1.165, 1.54) is 6.92 Å². The molecule has 0 aliphatic rings. The fraction of sp³-hybridized carbons (Fsp3) is 0.125. The normalized spacial score (nSPS) is 10.1. The highest BCUT2D eigenvalue weighted by molar-refractivity contribution is 6.35. The van der Waals surface area contributed by atoms with Crippen LogP contribution in [0.3, 0.4) is 0 Å². The van der Waals surface area contributed by atoms with Gasteiger partial charge in [-0.1, -0.05) is 29.3 Å². The number of nitrogens with one attached hydrogen (secondary N) is 3. The van der Waals surface area contributed by atoms with E-state index in [0.29, 0.717) is 27.1 Å². The van der Waals surface area contributed by atoms with Gasteiger partial charge < -0.3 is 16.0 Å². The molecule has 3 N–H and O–H groups in total. The van der Waals surface area contributed by atoms with Gasteiger partial charge in [0.25, 0.3) is 0 Å². The molecule has 0 aliphatic heterocycles. The molecular weight excluding hydrogens is 337 g/mol. The third-order valence-corrected chi connectivity index (χ3v) is 3.55. The Hall–Kier alpha value is -2.24. The molecule has 3 amide bonds. The molecule has 7 heteroatoms. The SMILES string of the molecule is CC(=O)Nc1cc(NC(=O)Nc2cc(Cl)ccc2Cl)ccc1C. The standard InChI is InChI=1S/C16H15Cl2N3O2/c1-9-3-5-12(8-14(9)19-10(2)22)20-16(23)21-15-7-11(17)4-6-13(15)18/h3-8H,1-2H3,(H,19,22)(H2,20,21,23). The molecule has 0 bridgehead atoms. The molecule has 0 aliphatic carbocycles. The molecule has 0 spiro atoms. The maximum absolute atomic E-state index is 12.1. The summed E-state index contributed by atoms with van der Waals surface area (Å²) in [6.07, 6.45) is 0. The predicted octanol–water partition coefficient (Wildman–Crippen LogP) is 4.90. The van der Waals surface area contributed by atoms with Crippen LogP contribution in [0.15, 0.2) is 36.4 Å². The van der Waals surface area contributed by atoms with E-state index in [1.54, 1.807) is 36.4 Å². The Morgan fingerprint density at radius 3 is 2.35 bits per heavy atom. The molecule has 0 atom stereocenters. The Balaban J connectivity index is 2.11. The molecule has 0 saturated carbocycles. The molecule has 5 nitrogen and oxygen atoms in total. The molecule has 2 aromatic rings. The highest BCUT2D eigenvalue weighted by atomic mass is 35.5. The third-order valence-electron chi connectivity index (χ3n) is 2.98. The van der Waals surface area contributed by atoms with Gasteiger partial charge >= 0.3 is 6.03 Å². The van der Waals surface area contributed by atoms with Crippen LogP contribution in [0.25, 0.3) is 0 Å². The van der Waals surface area contributed by atoms with Crippen LogP contribution in [0.4, 0.5) is 21.9 Å². The van der Waals surface area contributed by atoms with Crippen molar-refractivity contribution in [3.8, 4) is 0 Å². The first-order valence-corrected chi connectivity index (χ1v) is 7.52. The number of aryl methyl sites for hydroxylation is 1. The van der Waals surface area contributed by atoms with E-state index in [1.807, 2.05) is 6.92 Å². The summed E-state index contributed by atoms with van der Waals surface area (Å²) in [7, 11) is 0. The molecule has 2 rings (SSSR count). The molecule has 0 saturated heterocycles. The van der Waals surface area contributed by atoms with Crippen molar-refractivity contribution in [1.82, 2.24) is 0 Å². The van der Waals surface area contributed by atoms with Gasteiger partial charge in [0.1, 0.15) is 0 Å². The van der Waals surface area contributed by atoms with Gasteiger partial charge in [0.05, 0.1) is 10.7 Å². The first kappa shape index (κ1) is 17.1. The van der Waals surface area contributed by atoms with Gasteiger partial charge in [0.2, 0.25) is 5.91 Å². The van der Waals surface area contributed by atoms with Crippen molar-refractivity contribution in [1.29, 1.82) is 0 Å². The first-order chi connectivity index (χ1) is 10.8. The number of hydrogen-bond donors (Lipinski definition) is 3. The quantitative estimate of drug-likeness (QED) is 0.735. The van der Waals surface area contributed by atoms with E-state index >= 15 is 0 Å². The number of anilines is 3. The Labute approximate surface area is 144 Å². The van der Waals surface area contributed by atoms with Crippen molar-refractivity contribution in [2.24, 2.45) is 0 Å². The molecular formula is C16H15Cl2N3O2. The molecule has 0 aromatic heterocycles. The Bertz CT molecular complexity index is 763. The minimum Gasteiger partial charge on any atom is -0.326 e. The number of amides is 3. The maximum atomic E-state index is 12.1. The zero-order chi connectivity index (χ0) is 17.0. The zero-order valence-electron chi connectivity index (χ0n) is 12.5. The van der Waals surface area contributed by atoms with E-state index in [0.717, 1.165) is 5.56 Å². The fourth-order valence-corrected chi connectivity index (χ4v) is 2.24. The summed E-state index contributed by atoms with van der Waals surface area (Å²) in [6.45, 7) is 3.29. The minimum atomic E-state index is -0.466. The molecule has 0 unspecified atom stereocenters. The summed E-state index contributed by atoms with van der Waals surface area (Å²) < 4.78 is 0. The van der Waals surface area contributed by atoms with Crippen molar-refractivity contribution < 1.29 is 9.59 Å². The maximum Gasteiger partial charge on any atom is 0.323 e. The van der Waals surface area contributed by atoms with Crippen molar-refractivity contribution in [3.05, 3.63) is 52.0 Å². The van der Waals surface area contributed by atoms with E-state index in [2.05, 4.69) is 16.0 Å². The number of urea groups is 1. The summed E-state index contributed by atoms with van der Waals surface area (Å²) in [4.78, 5) is 23.2. The van der Waals surface area contributed by atoms with Gasteiger partial charge in [-0.25, -0.2) is 4.79 Å². The smallest absolute Gasteiger partial charge is 0.323 e. The third kappa shape index (κ3) is 4.87. The molecule has 0 radical (unpaired) electrons. The second-order valence-corrected chi connectivity index (χ2v) is 5.76. The zero-order valence-corrected chi connectivity index (χ0v) is 14.0. The Morgan fingerprint density at radius 1 is 0.913 bits per heavy atom. The van der Waals surface area contributed by atoms with Gasteiger partial charge in [-0.15, -0.1) is 0 Å². The number of benzene rings is 2. The monoisotopic (exact) mass is 351 g/mol. The second kappa shape index (κ2) is 7.35. The second-order valence-electron chi connectivity index (χ2n) is 4.91. The summed E-state index contributed by atoms with van der Waals surface area (Å²) in [5.74, 6) is -0.180. The first-order valence-electron chi connectivity index (χ1n) is 6.76. The number of carbonyl (C=O) groups is 2. The summed E-state index contributed by atoms with van der Waals surface area (Å²) in [5, 5.41) is 8.85. The van der Waals surface area contributed by atoms with Crippen LogP contribution in [-0.2, 0) is 4.79 Å². The van der Waals surface area contributed by atoms with Crippen LogP contribution < -0.4 is 16.0 Å². The highest BCUT2D eigenvalue weighted by Crippen LogP contribution is 2.26. The number of rotatable bonds is 3. The number of hydrogen-bond acceptors (Lipinski definition) is 2. The van der Waals surface area contributed by atoms with E-state index in [9.17, 15) is 9.59 Å². The van der Waals surface area contributed by atoms with Gasteiger partial charge in [0, 0.05) is 23.3 Å². The van der Waals surface area contributed by atoms with E-state index in [4.69, 9.17) is 23.2 Å². The lowest BCUT2D eigenvalue weighted by molar-refractivity contribution is -0.114. The average molecular weight is 352 g/mol. The van der Waals surface area contributed by atoms with Gasteiger partial charge in [0.15, 0.2) is 0 Å².